The van der Waals surface area contributed by atoms with Crippen molar-refractivity contribution in [3.05, 3.63) is 10.1 Å². The van der Waals surface area contributed by atoms with Gasteiger partial charge in [0.25, 0.3) is 0 Å². The van der Waals surface area contributed by atoms with Gasteiger partial charge in [0.05, 0.1) is 5.03 Å². The maximum Gasteiger partial charge on any atom is 0.380 e. The molecule has 88 valence electrons. The van der Waals surface area contributed by atoms with E-state index in [1.807, 2.05) is 0 Å². The van der Waals surface area contributed by atoms with E-state index in [-0.39, 0.29) is 0 Å². The summed E-state index contributed by atoms with van der Waals surface area (Å²) in [5.41, 5.74) is 0. The van der Waals surface area contributed by atoms with Gasteiger partial charge in [-0.05, 0) is 0 Å². The first-order chi connectivity index (χ1) is 6.48. The molecule has 1 atom stereocenters. The zero-order valence-electron chi connectivity index (χ0n) is 6.48. The summed E-state index contributed by atoms with van der Waals surface area (Å²) in [6, 6.07) is 0. The first-order valence-corrected chi connectivity index (χ1v) is 4.06. The predicted molar refractivity (Wildman–Crippen MR) is 38.5 cm³/mol. The van der Waals surface area contributed by atoms with Crippen LogP contribution in [-0.2, 0) is 0 Å². The number of hydrogen-bond donors (Lipinski definition) is 0. The zero-order chi connectivity index (χ0) is 12.2. The molecule has 0 bridgehead atoms. The van der Waals surface area contributed by atoms with E-state index in [1.54, 1.807) is 0 Å². The molecular formula is C6HCl2F7. The first-order valence-electron chi connectivity index (χ1n) is 3.31. The van der Waals surface area contributed by atoms with Gasteiger partial charge >= 0.3 is 17.8 Å². The van der Waals surface area contributed by atoms with Crippen molar-refractivity contribution in [3.63, 3.8) is 0 Å². The van der Waals surface area contributed by atoms with Crippen LogP contribution >= 0.6 is 23.2 Å². The maximum atomic E-state index is 12.6. The molecule has 0 aromatic rings. The Hall–Kier alpha value is -0.170. The Labute approximate surface area is 88.6 Å². The average Bonchev–Trinajstić information content (AvgIpc) is 2.12. The van der Waals surface area contributed by atoms with Crippen LogP contribution in [0.15, 0.2) is 10.1 Å². The third kappa shape index (κ3) is 1.35. The van der Waals surface area contributed by atoms with Crippen molar-refractivity contribution in [3.8, 4) is 0 Å². The first kappa shape index (κ1) is 12.9. The van der Waals surface area contributed by atoms with Gasteiger partial charge in [-0.3, -0.25) is 0 Å². The van der Waals surface area contributed by atoms with Crippen LogP contribution in [0.2, 0.25) is 0 Å². The molecule has 0 amide bonds. The van der Waals surface area contributed by atoms with Gasteiger partial charge in [0.15, 0.2) is 0 Å². The molecule has 0 saturated carbocycles. The molecule has 0 aliphatic heterocycles. The molecule has 0 heterocycles. The van der Waals surface area contributed by atoms with Crippen molar-refractivity contribution < 1.29 is 30.7 Å². The Bertz CT molecular complexity index is 321. The number of allylic oxidation sites excluding steroid dienone is 2. The molecule has 1 aliphatic rings. The van der Waals surface area contributed by atoms with E-state index in [2.05, 4.69) is 11.6 Å². The molecule has 1 rings (SSSR count). The Kier molecular flexibility index (Phi) is 2.72. The molecule has 0 spiro atoms. The molecule has 1 unspecified atom stereocenters. The van der Waals surface area contributed by atoms with Crippen LogP contribution < -0.4 is 0 Å². The van der Waals surface area contributed by atoms with Crippen molar-refractivity contribution in [2.75, 3.05) is 0 Å². The summed E-state index contributed by atoms with van der Waals surface area (Å²) in [6.45, 7) is 0. The minimum atomic E-state index is -5.92. The quantitative estimate of drug-likeness (QED) is 0.588. The third-order valence-electron chi connectivity index (χ3n) is 1.84. The zero-order valence-corrected chi connectivity index (χ0v) is 7.99. The monoisotopic (exact) mass is 276 g/mol. The van der Waals surface area contributed by atoms with Crippen molar-refractivity contribution in [1.82, 2.24) is 0 Å². The van der Waals surface area contributed by atoms with E-state index in [4.69, 9.17) is 11.6 Å². The molecule has 9 heteroatoms. The summed E-state index contributed by atoms with van der Waals surface area (Å²) >= 11 is 9.30. The highest BCUT2D eigenvalue weighted by Crippen LogP contribution is 2.58. The number of alkyl halides is 7. The van der Waals surface area contributed by atoms with Crippen LogP contribution in [0.25, 0.3) is 0 Å². The molecule has 15 heavy (non-hydrogen) atoms. The highest BCUT2D eigenvalue weighted by molar-refractivity contribution is 6.40. The van der Waals surface area contributed by atoms with Crippen LogP contribution in [0, 0.1) is 0 Å². The third-order valence-corrected chi connectivity index (χ3v) is 2.76. The largest absolute Gasteiger partial charge is 0.380 e. The highest BCUT2D eigenvalue weighted by atomic mass is 35.5. The van der Waals surface area contributed by atoms with Crippen molar-refractivity contribution >= 4 is 23.2 Å². The molecule has 0 radical (unpaired) electrons. The van der Waals surface area contributed by atoms with E-state index in [0.717, 1.165) is 0 Å². The standard InChI is InChI=1S/C6HCl2F7/c7-1-2(8)4(10,11)6(14,15)5(12,13)3(1)9/h3H. The number of halogens is 9. The summed E-state index contributed by atoms with van der Waals surface area (Å²) in [5.74, 6) is -16.9. The fourth-order valence-electron chi connectivity index (χ4n) is 0.927. The second-order valence-corrected chi connectivity index (χ2v) is 3.58. The topological polar surface area (TPSA) is 0 Å². The fourth-order valence-corrected chi connectivity index (χ4v) is 1.40. The second kappa shape index (κ2) is 3.16. The molecule has 1 aliphatic carbocycles. The van der Waals surface area contributed by atoms with Gasteiger partial charge in [0, 0.05) is 0 Å². The average molecular weight is 277 g/mol. The lowest BCUT2D eigenvalue weighted by Crippen LogP contribution is -2.62. The molecule has 0 fully saturated rings. The minimum absolute atomic E-state index is 1.81. The number of hydrogen-bond acceptors (Lipinski definition) is 0. The molecule has 0 saturated heterocycles. The summed E-state index contributed by atoms with van der Waals surface area (Å²) in [4.78, 5) is 0. The van der Waals surface area contributed by atoms with Gasteiger partial charge in [-0.2, -0.15) is 26.3 Å². The van der Waals surface area contributed by atoms with Gasteiger partial charge in [0.2, 0.25) is 6.17 Å². The Morgan fingerprint density at radius 1 is 0.933 bits per heavy atom. The van der Waals surface area contributed by atoms with Crippen LogP contribution in [0.3, 0.4) is 0 Å². The number of rotatable bonds is 0. The SMILES string of the molecule is FC1C(Cl)=C(Cl)C(F)(F)C(F)(F)C1(F)F. The van der Waals surface area contributed by atoms with Gasteiger partial charge in [-0.25, -0.2) is 4.39 Å². The van der Waals surface area contributed by atoms with Gasteiger partial charge in [-0.1, -0.05) is 23.2 Å². The summed E-state index contributed by atoms with van der Waals surface area (Å²) < 4.78 is 87.9. The van der Waals surface area contributed by atoms with Gasteiger partial charge in [-0.15, -0.1) is 0 Å². The summed E-state index contributed by atoms with van der Waals surface area (Å²) in [7, 11) is 0. The normalized spacial score (nSPS) is 33.0. The van der Waals surface area contributed by atoms with Crippen molar-refractivity contribution in [1.29, 1.82) is 0 Å². The van der Waals surface area contributed by atoms with Gasteiger partial charge < -0.3 is 0 Å². The smallest absolute Gasteiger partial charge is 0.234 e. The van der Waals surface area contributed by atoms with E-state index < -0.39 is 34.0 Å². The molecule has 0 aromatic heterocycles. The maximum absolute atomic E-state index is 12.6. The Balaban J connectivity index is 3.49. The second-order valence-electron chi connectivity index (χ2n) is 2.80. The molecular weight excluding hydrogens is 276 g/mol. The Morgan fingerprint density at radius 3 is 1.73 bits per heavy atom. The predicted octanol–water partition coefficient (Wildman–Crippen LogP) is 3.93. The van der Waals surface area contributed by atoms with Crippen LogP contribution in [-0.4, -0.2) is 23.9 Å². The molecule has 0 nitrogen and oxygen atoms in total. The summed E-state index contributed by atoms with van der Waals surface area (Å²) in [6.07, 6.45) is -3.75. The van der Waals surface area contributed by atoms with E-state index in [9.17, 15) is 30.7 Å². The van der Waals surface area contributed by atoms with Gasteiger partial charge in [0.1, 0.15) is 5.03 Å². The fraction of sp³-hybridized carbons (Fsp3) is 0.667. The van der Waals surface area contributed by atoms with Crippen molar-refractivity contribution in [2.45, 2.75) is 23.9 Å². The molecule has 0 aromatic carbocycles. The van der Waals surface area contributed by atoms with E-state index in [0.29, 0.717) is 0 Å². The van der Waals surface area contributed by atoms with Crippen LogP contribution in [0.4, 0.5) is 30.7 Å². The summed E-state index contributed by atoms with van der Waals surface area (Å²) in [5, 5.41) is -3.91. The minimum Gasteiger partial charge on any atom is -0.234 e. The highest BCUT2D eigenvalue weighted by Gasteiger charge is 2.79. The Morgan fingerprint density at radius 2 is 1.33 bits per heavy atom. The van der Waals surface area contributed by atoms with Crippen molar-refractivity contribution in [2.24, 2.45) is 0 Å². The van der Waals surface area contributed by atoms with E-state index in [1.165, 1.54) is 0 Å². The van der Waals surface area contributed by atoms with Crippen LogP contribution in [0.5, 0.6) is 0 Å². The van der Waals surface area contributed by atoms with E-state index >= 15 is 0 Å². The lowest BCUT2D eigenvalue weighted by molar-refractivity contribution is -0.313. The lowest BCUT2D eigenvalue weighted by Gasteiger charge is -2.38. The molecule has 0 N–H and O–H groups in total. The van der Waals surface area contributed by atoms with Crippen LogP contribution in [0.1, 0.15) is 0 Å². The lowest BCUT2D eigenvalue weighted by atomic mass is 9.93.